The lowest BCUT2D eigenvalue weighted by Crippen LogP contribution is -2.19. The van der Waals surface area contributed by atoms with E-state index in [0.29, 0.717) is 0 Å². The predicted molar refractivity (Wildman–Crippen MR) is 85.3 cm³/mol. The number of hydrogen-bond donors (Lipinski definition) is 1. The summed E-state index contributed by atoms with van der Waals surface area (Å²) >= 11 is 0. The molecule has 0 radical (unpaired) electrons. The van der Waals surface area contributed by atoms with Gasteiger partial charge in [0, 0.05) is 11.6 Å². The average Bonchev–Trinajstić information content (AvgIpc) is 2.54. The minimum absolute atomic E-state index is 0.0403. The van der Waals surface area contributed by atoms with Gasteiger partial charge in [-0.15, -0.1) is 0 Å². The van der Waals surface area contributed by atoms with Gasteiger partial charge in [0.1, 0.15) is 11.9 Å². The molecule has 0 heterocycles. The predicted octanol–water partition coefficient (Wildman–Crippen LogP) is 2.59. The van der Waals surface area contributed by atoms with Crippen molar-refractivity contribution in [3.63, 3.8) is 0 Å². The number of halogens is 1. The molecule has 7 nitrogen and oxygen atoms in total. The van der Waals surface area contributed by atoms with Crippen LogP contribution >= 0.6 is 0 Å². The van der Waals surface area contributed by atoms with Crippen LogP contribution in [0.25, 0.3) is 0 Å². The van der Waals surface area contributed by atoms with E-state index in [1.54, 1.807) is 12.1 Å². The number of rotatable bonds is 6. The number of nitrogens with one attached hydrogen (secondary N) is 1. The first-order valence-corrected chi connectivity index (χ1v) is 8.40. The summed E-state index contributed by atoms with van der Waals surface area (Å²) in [5.74, 6) is -1.07. The molecule has 0 amide bonds. The van der Waals surface area contributed by atoms with Gasteiger partial charge in [-0.25, -0.2) is 12.8 Å². The van der Waals surface area contributed by atoms with Gasteiger partial charge >= 0.3 is 0 Å². The molecule has 0 aliphatic carbocycles. The van der Waals surface area contributed by atoms with Crippen LogP contribution in [0.4, 0.5) is 15.8 Å². The molecule has 0 spiro atoms. The van der Waals surface area contributed by atoms with Gasteiger partial charge in [0.2, 0.25) is 10.0 Å². The second-order valence-electron chi connectivity index (χ2n) is 4.86. The summed E-state index contributed by atoms with van der Waals surface area (Å²) in [6, 6.07) is 10.6. The molecular formula is C15H12FN3O4S. The lowest BCUT2D eigenvalue weighted by Gasteiger charge is -2.09. The van der Waals surface area contributed by atoms with E-state index in [0.717, 1.165) is 18.2 Å². The highest BCUT2D eigenvalue weighted by Gasteiger charge is 2.18. The minimum atomic E-state index is -3.87. The van der Waals surface area contributed by atoms with Crippen molar-refractivity contribution in [3.8, 4) is 6.07 Å². The van der Waals surface area contributed by atoms with Gasteiger partial charge < -0.3 is 0 Å². The molecule has 2 aromatic rings. The molecule has 1 N–H and O–H groups in total. The van der Waals surface area contributed by atoms with Gasteiger partial charge in [0.25, 0.3) is 5.69 Å². The molecule has 0 bridgehead atoms. The number of nitro groups is 1. The Bertz CT molecular complexity index is 923. The fourth-order valence-electron chi connectivity index (χ4n) is 2.06. The molecule has 2 aromatic carbocycles. The zero-order valence-corrected chi connectivity index (χ0v) is 13.1. The van der Waals surface area contributed by atoms with Crippen LogP contribution < -0.4 is 4.72 Å². The molecule has 0 fully saturated rings. The zero-order valence-electron chi connectivity index (χ0n) is 12.3. The molecule has 0 unspecified atom stereocenters. The Hall–Kier alpha value is -2.99. The van der Waals surface area contributed by atoms with Crippen LogP contribution in [0.3, 0.4) is 0 Å². The number of anilines is 1. The Balaban J connectivity index is 2.16. The standard InChI is InChI=1S/C15H12FN3O4S/c16-13-5-6-14(12(9-13)10-17)18-24(22,23)8-7-11-3-1-2-4-15(11)19(20)21/h1-6,9,18H,7-8H2. The maximum Gasteiger partial charge on any atom is 0.272 e. The number of benzene rings is 2. The highest BCUT2D eigenvalue weighted by atomic mass is 32.2. The van der Waals surface area contributed by atoms with Crippen LogP contribution in [-0.4, -0.2) is 19.1 Å². The van der Waals surface area contributed by atoms with Crippen molar-refractivity contribution >= 4 is 21.4 Å². The Kier molecular flexibility index (Phi) is 5.11. The third kappa shape index (κ3) is 4.27. The summed E-state index contributed by atoms with van der Waals surface area (Å²) in [4.78, 5) is 10.3. The van der Waals surface area contributed by atoms with Crippen molar-refractivity contribution in [1.82, 2.24) is 0 Å². The average molecular weight is 349 g/mol. The number of nitriles is 1. The van der Waals surface area contributed by atoms with Crippen molar-refractivity contribution in [1.29, 1.82) is 5.26 Å². The van der Waals surface area contributed by atoms with E-state index in [-0.39, 0.29) is 28.9 Å². The Morgan fingerprint density at radius 1 is 1.25 bits per heavy atom. The normalized spacial score (nSPS) is 10.8. The van der Waals surface area contributed by atoms with E-state index < -0.39 is 26.5 Å². The van der Waals surface area contributed by atoms with Gasteiger partial charge in [-0.2, -0.15) is 5.26 Å². The first-order valence-electron chi connectivity index (χ1n) is 6.75. The third-order valence-corrected chi connectivity index (χ3v) is 4.47. The van der Waals surface area contributed by atoms with Gasteiger partial charge in [0.05, 0.1) is 21.9 Å². The monoisotopic (exact) mass is 349 g/mol. The second kappa shape index (κ2) is 7.06. The number of aryl methyl sites for hydroxylation is 1. The van der Waals surface area contributed by atoms with Crippen LogP contribution in [0.1, 0.15) is 11.1 Å². The summed E-state index contributed by atoms with van der Waals surface area (Å²) in [6.45, 7) is 0. The molecule has 24 heavy (non-hydrogen) atoms. The van der Waals surface area contributed by atoms with E-state index in [2.05, 4.69) is 4.72 Å². The van der Waals surface area contributed by atoms with E-state index in [4.69, 9.17) is 5.26 Å². The summed E-state index contributed by atoms with van der Waals surface area (Å²) < 4.78 is 39.5. The molecule has 0 aliphatic rings. The second-order valence-corrected chi connectivity index (χ2v) is 6.70. The third-order valence-electron chi connectivity index (χ3n) is 3.20. The van der Waals surface area contributed by atoms with Gasteiger partial charge in [-0.1, -0.05) is 18.2 Å². The number of nitrogens with zero attached hydrogens (tertiary/aromatic N) is 2. The minimum Gasteiger partial charge on any atom is -0.282 e. The summed E-state index contributed by atoms with van der Waals surface area (Å²) in [5, 5.41) is 19.8. The van der Waals surface area contributed by atoms with Gasteiger partial charge in [-0.3, -0.25) is 14.8 Å². The van der Waals surface area contributed by atoms with E-state index in [1.807, 2.05) is 0 Å². The Morgan fingerprint density at radius 2 is 1.96 bits per heavy atom. The van der Waals surface area contributed by atoms with Crippen LogP contribution in [0.2, 0.25) is 0 Å². The number of para-hydroxylation sites is 1. The van der Waals surface area contributed by atoms with E-state index in [9.17, 15) is 22.9 Å². The SMILES string of the molecule is N#Cc1cc(F)ccc1NS(=O)(=O)CCc1ccccc1[N+](=O)[O-]. The zero-order chi connectivity index (χ0) is 17.7. The highest BCUT2D eigenvalue weighted by molar-refractivity contribution is 7.92. The van der Waals surface area contributed by atoms with Crippen LogP contribution in [0.5, 0.6) is 0 Å². The molecule has 2 rings (SSSR count). The molecule has 0 aromatic heterocycles. The quantitative estimate of drug-likeness (QED) is 0.636. The summed E-state index contributed by atoms with van der Waals surface area (Å²) in [5.41, 5.74) is -0.0644. The molecule has 0 aliphatic heterocycles. The molecule has 124 valence electrons. The lowest BCUT2D eigenvalue weighted by atomic mass is 10.1. The molecule has 9 heteroatoms. The van der Waals surface area contributed by atoms with Crippen LogP contribution in [0, 0.1) is 27.3 Å². The van der Waals surface area contributed by atoms with Gasteiger partial charge in [-0.05, 0) is 24.6 Å². The largest absolute Gasteiger partial charge is 0.282 e. The summed E-state index contributed by atoms with van der Waals surface area (Å²) in [6.07, 6.45) is -0.0738. The van der Waals surface area contributed by atoms with Gasteiger partial charge in [0.15, 0.2) is 0 Å². The van der Waals surface area contributed by atoms with Crippen molar-refractivity contribution in [3.05, 3.63) is 69.5 Å². The maximum absolute atomic E-state index is 13.1. The van der Waals surface area contributed by atoms with E-state index >= 15 is 0 Å². The molecular weight excluding hydrogens is 337 g/mol. The first-order chi connectivity index (χ1) is 11.3. The highest BCUT2D eigenvalue weighted by Crippen LogP contribution is 2.20. The topological polar surface area (TPSA) is 113 Å². The van der Waals surface area contributed by atoms with Crippen molar-refractivity contribution < 1.29 is 17.7 Å². The fraction of sp³-hybridized carbons (Fsp3) is 0.133. The van der Waals surface area contributed by atoms with E-state index in [1.165, 1.54) is 18.2 Å². The number of hydrogen-bond acceptors (Lipinski definition) is 5. The fourth-order valence-corrected chi connectivity index (χ4v) is 3.16. The van der Waals surface area contributed by atoms with Crippen LogP contribution in [-0.2, 0) is 16.4 Å². The smallest absolute Gasteiger partial charge is 0.272 e. The van der Waals surface area contributed by atoms with Crippen molar-refractivity contribution in [2.45, 2.75) is 6.42 Å². The Labute approximate surface area is 137 Å². The molecule has 0 atom stereocenters. The maximum atomic E-state index is 13.1. The number of sulfonamides is 1. The van der Waals surface area contributed by atoms with Crippen molar-refractivity contribution in [2.75, 3.05) is 10.5 Å². The number of nitro benzene ring substituents is 1. The summed E-state index contributed by atoms with van der Waals surface area (Å²) in [7, 11) is -3.87. The lowest BCUT2D eigenvalue weighted by molar-refractivity contribution is -0.385. The molecule has 0 saturated heterocycles. The van der Waals surface area contributed by atoms with Crippen molar-refractivity contribution in [2.24, 2.45) is 0 Å². The Morgan fingerprint density at radius 3 is 2.62 bits per heavy atom. The molecule has 0 saturated carbocycles. The van der Waals surface area contributed by atoms with Crippen LogP contribution in [0.15, 0.2) is 42.5 Å². The first kappa shape index (κ1) is 17.4.